The summed E-state index contributed by atoms with van der Waals surface area (Å²) >= 11 is 10.9. The lowest BCUT2D eigenvalue weighted by atomic mass is 9.98. The van der Waals surface area contributed by atoms with E-state index in [1.807, 2.05) is 0 Å². The number of amidine groups is 1. The molecule has 16 nitrogen and oxygen atoms in total. The van der Waals surface area contributed by atoms with Crippen molar-refractivity contribution in [2.24, 2.45) is 10.9 Å². The molecule has 0 spiro atoms. The first-order valence-corrected chi connectivity index (χ1v) is 18.5. The van der Waals surface area contributed by atoms with E-state index in [1.165, 1.54) is 6.26 Å². The molecule has 0 aliphatic carbocycles. The largest absolute Gasteiger partial charge is 0.463 e. The molecule has 22 heteroatoms. The van der Waals surface area contributed by atoms with Gasteiger partial charge in [-0.15, -0.1) is 0 Å². The van der Waals surface area contributed by atoms with Gasteiger partial charge in [-0.1, -0.05) is 32.9 Å². The number of nitrogens with two attached hydrogens (primary N) is 2. The molecule has 1 aliphatic rings. The number of carbonyl (C=O) groups is 4. The average Bonchev–Trinajstić information content (AvgIpc) is 3.33. The van der Waals surface area contributed by atoms with Crippen LogP contribution < -0.4 is 11.5 Å². The summed E-state index contributed by atoms with van der Waals surface area (Å²) in [6.07, 6.45) is -6.56. The van der Waals surface area contributed by atoms with Crippen LogP contribution in [0.3, 0.4) is 0 Å². The number of nitrogens with zero attached hydrogens (tertiary/aromatic N) is 3. The SMILES string of the molecule is C=IC(F)(F)c1cc(Cl)c(-n2nc(/C(N)=N/OC3OC(COC(C)=O)[C@@H](OC(C)=O)C(OC(C)=O)C3OC(C)=O)c(S(C)=O)c2N)c(Cl)c1. The predicted octanol–water partition coefficient (Wildman–Crippen LogP) is 2.67. The Labute approximate surface area is 299 Å². The van der Waals surface area contributed by atoms with E-state index in [4.69, 9.17) is 63.2 Å². The van der Waals surface area contributed by atoms with Crippen LogP contribution in [0, 0.1) is 0 Å². The molecule has 5 unspecified atom stereocenters. The first-order chi connectivity index (χ1) is 22.8. The minimum Gasteiger partial charge on any atom is -0.463 e. The molecule has 1 aromatic heterocycles. The van der Waals surface area contributed by atoms with Gasteiger partial charge in [0.15, 0.2) is 18.0 Å². The Hall–Kier alpha value is -3.47. The summed E-state index contributed by atoms with van der Waals surface area (Å²) in [5.41, 5.74) is 11.5. The summed E-state index contributed by atoms with van der Waals surface area (Å²) in [6, 6.07) is 1.95. The van der Waals surface area contributed by atoms with Crippen molar-refractivity contribution in [3.8, 4) is 5.69 Å². The van der Waals surface area contributed by atoms with Crippen LogP contribution in [0.25, 0.3) is 5.69 Å². The third-order valence-electron chi connectivity index (χ3n) is 6.33. The second-order valence-electron chi connectivity index (χ2n) is 10.00. The van der Waals surface area contributed by atoms with Gasteiger partial charge in [0.1, 0.15) is 34.8 Å². The lowest BCUT2D eigenvalue weighted by Crippen LogP contribution is -2.62. The highest BCUT2D eigenvalue weighted by molar-refractivity contribution is 14.2. The second kappa shape index (κ2) is 16.5. The fourth-order valence-corrected chi connectivity index (χ4v) is 6.67. The molecule has 49 heavy (non-hydrogen) atoms. The number of esters is 4. The lowest BCUT2D eigenvalue weighted by molar-refractivity contribution is -0.308. The minimum atomic E-state index is -3.24. The Balaban J connectivity index is 2.11. The lowest BCUT2D eigenvalue weighted by Gasteiger charge is -2.42. The van der Waals surface area contributed by atoms with Gasteiger partial charge in [-0.2, -0.15) is 13.9 Å². The monoisotopic (exact) mass is 867 g/mol. The number of nitrogen functional groups attached to an aromatic ring is 1. The van der Waals surface area contributed by atoms with Crippen LogP contribution in [0.1, 0.15) is 39.0 Å². The molecule has 0 bridgehead atoms. The summed E-state index contributed by atoms with van der Waals surface area (Å²) in [5, 5.41) is 7.45. The quantitative estimate of drug-likeness (QED) is 0.0596. The fraction of sp³-hybridized carbons (Fsp3) is 0.444. The average molecular weight is 868 g/mol. The summed E-state index contributed by atoms with van der Waals surface area (Å²) in [7, 11) is -1.91. The number of oxime groups is 1. The van der Waals surface area contributed by atoms with Crippen LogP contribution in [0.5, 0.6) is 0 Å². The van der Waals surface area contributed by atoms with Crippen molar-refractivity contribution >= 4 is 94.8 Å². The molecule has 2 heterocycles. The van der Waals surface area contributed by atoms with Crippen molar-refractivity contribution in [1.29, 1.82) is 0 Å². The van der Waals surface area contributed by atoms with Crippen LogP contribution >= 0.6 is 43.9 Å². The molecule has 1 saturated heterocycles. The van der Waals surface area contributed by atoms with Gasteiger partial charge in [0.25, 0.3) is 6.29 Å². The molecular formula is C27H30Cl2F2IN5O11S. The Bertz CT molecular complexity index is 1690. The van der Waals surface area contributed by atoms with Crippen molar-refractivity contribution in [3.05, 3.63) is 33.4 Å². The third kappa shape index (κ3) is 9.61. The van der Waals surface area contributed by atoms with Gasteiger partial charge in [0.2, 0.25) is 6.10 Å². The van der Waals surface area contributed by atoms with Crippen molar-refractivity contribution in [2.75, 3.05) is 18.6 Å². The summed E-state index contributed by atoms with van der Waals surface area (Å²) in [6.45, 7) is 3.66. The predicted molar refractivity (Wildman–Crippen MR) is 179 cm³/mol. The van der Waals surface area contributed by atoms with Gasteiger partial charge in [0, 0.05) is 39.5 Å². The Morgan fingerprint density at radius 3 is 2.06 bits per heavy atom. The van der Waals surface area contributed by atoms with E-state index in [0.717, 1.165) is 44.5 Å². The molecule has 1 aromatic carbocycles. The molecule has 270 valence electrons. The number of ether oxygens (including phenoxy) is 5. The number of halogens is 5. The third-order valence-corrected chi connectivity index (χ3v) is 9.47. The van der Waals surface area contributed by atoms with Crippen LogP contribution in [-0.2, 0) is 62.4 Å². The van der Waals surface area contributed by atoms with E-state index < -0.39 is 108 Å². The first-order valence-electron chi connectivity index (χ1n) is 13.6. The molecule has 1 fully saturated rings. The number of hydrogen-bond donors (Lipinski definition) is 2. The van der Waals surface area contributed by atoms with Gasteiger partial charge >= 0.3 is 27.8 Å². The number of aromatic nitrogens is 2. The number of rotatable bonds is 12. The molecule has 1 aliphatic heterocycles. The fourth-order valence-electron chi connectivity index (χ4n) is 4.47. The number of alkyl halides is 3. The highest BCUT2D eigenvalue weighted by Crippen LogP contribution is 2.43. The van der Waals surface area contributed by atoms with Crippen LogP contribution in [0.15, 0.2) is 22.2 Å². The molecule has 3 rings (SSSR count). The highest BCUT2D eigenvalue weighted by atomic mass is 127. The second-order valence-corrected chi connectivity index (χ2v) is 14.2. The van der Waals surface area contributed by atoms with E-state index >= 15 is 0 Å². The van der Waals surface area contributed by atoms with Crippen LogP contribution in [-0.4, -0.2) is 91.8 Å². The molecule has 0 saturated carbocycles. The summed E-state index contributed by atoms with van der Waals surface area (Å²) < 4.78 is 69.3. The maximum absolute atomic E-state index is 14.4. The van der Waals surface area contributed by atoms with E-state index in [9.17, 15) is 32.2 Å². The molecule has 2 aromatic rings. The Kier molecular flexibility index (Phi) is 13.5. The van der Waals surface area contributed by atoms with Gasteiger partial charge in [-0.25, -0.2) is 4.68 Å². The summed E-state index contributed by atoms with van der Waals surface area (Å²) in [4.78, 5) is 53.0. The van der Waals surface area contributed by atoms with Gasteiger partial charge in [-0.05, 0) is 32.9 Å². The van der Waals surface area contributed by atoms with Crippen molar-refractivity contribution < 1.29 is 60.7 Å². The van der Waals surface area contributed by atoms with Crippen molar-refractivity contribution in [3.63, 3.8) is 0 Å². The highest BCUT2D eigenvalue weighted by Gasteiger charge is 2.53. The van der Waals surface area contributed by atoms with Crippen LogP contribution in [0.2, 0.25) is 10.0 Å². The smallest absolute Gasteiger partial charge is 0.316 e. The Morgan fingerprint density at radius 2 is 1.57 bits per heavy atom. The maximum atomic E-state index is 14.4. The number of carbonyl (C=O) groups excluding carboxylic acids is 4. The molecule has 6 atom stereocenters. The van der Waals surface area contributed by atoms with Crippen molar-refractivity contribution in [2.45, 2.75) is 67.2 Å². The van der Waals surface area contributed by atoms with Gasteiger partial charge in [0.05, 0.1) is 20.8 Å². The summed E-state index contributed by atoms with van der Waals surface area (Å²) in [5.74, 6) is -4.25. The van der Waals surface area contributed by atoms with Gasteiger partial charge in [-0.3, -0.25) is 23.4 Å². The van der Waals surface area contributed by atoms with Crippen LogP contribution in [0.4, 0.5) is 14.6 Å². The van der Waals surface area contributed by atoms with Gasteiger partial charge < -0.3 is 40.0 Å². The first kappa shape index (κ1) is 40.0. The number of benzene rings is 1. The minimum absolute atomic E-state index is 0.145. The topological polar surface area (TPSA) is 223 Å². The standard InChI is InChI=1S/C27H30Cl2F2IN5O11S/c1-10(38)43-9-17-20(44-11(2)39)21(45-12(3)40)22(46-13(4)41)26(47-17)48-36-24(33)18-23(49(6)42)25(34)37(35-18)19-15(28)7-14(8-16(19)29)27(30,31)32-5/h7-8,17,20-22,26H,5,9,34H2,1-4,6H3,(H2,33,36)/t17?,20-,21?,22?,26?,49?/m1/s1. The zero-order valence-corrected chi connectivity index (χ0v) is 30.7. The van der Waals surface area contributed by atoms with E-state index in [1.54, 1.807) is 0 Å². The van der Waals surface area contributed by atoms with E-state index in [2.05, 4.69) is 14.8 Å². The normalized spacial score (nSPS) is 21.7. The zero-order chi connectivity index (χ0) is 37.0. The Morgan fingerprint density at radius 1 is 1.04 bits per heavy atom. The number of anilines is 1. The molecule has 0 radical (unpaired) electrons. The molecule has 4 N–H and O–H groups in total. The maximum Gasteiger partial charge on any atom is 0.316 e. The van der Waals surface area contributed by atoms with E-state index in [-0.39, 0.29) is 32.1 Å². The van der Waals surface area contributed by atoms with E-state index in [0.29, 0.717) is 0 Å². The number of hydrogen-bond acceptors (Lipinski definition) is 14. The zero-order valence-electron chi connectivity index (χ0n) is 26.2. The molecular weight excluding hydrogens is 838 g/mol. The molecule has 0 amide bonds. The van der Waals surface area contributed by atoms with Crippen molar-refractivity contribution in [1.82, 2.24) is 9.78 Å².